The second-order valence-electron chi connectivity index (χ2n) is 6.24. The second kappa shape index (κ2) is 5.90. The monoisotopic (exact) mass is 341 g/mol. The molecule has 1 aliphatic carbocycles. The van der Waals surface area contributed by atoms with Crippen molar-refractivity contribution >= 4 is 29.0 Å². The van der Waals surface area contributed by atoms with Crippen molar-refractivity contribution in [2.24, 2.45) is 7.05 Å². The van der Waals surface area contributed by atoms with Crippen LogP contribution in [-0.4, -0.2) is 25.7 Å². The standard InChI is InChI=1S/C17H19N5OS/c1-22-15(20-21-17(22)24)9-18-16(23)10-6-7-14-12(8-10)11-4-2-3-5-13(11)19-14/h6-8,19H,2-5,9H2,1H3,(H,18,23)(H,21,24). The molecule has 1 aromatic carbocycles. The van der Waals surface area contributed by atoms with Crippen molar-refractivity contribution in [3.05, 3.63) is 45.6 Å². The van der Waals surface area contributed by atoms with Gasteiger partial charge in [0.1, 0.15) is 0 Å². The number of hydrogen-bond acceptors (Lipinski definition) is 3. The number of carbonyl (C=O) groups is 1. The molecule has 0 unspecified atom stereocenters. The van der Waals surface area contributed by atoms with E-state index in [2.05, 4.69) is 20.5 Å². The molecule has 6 nitrogen and oxygen atoms in total. The van der Waals surface area contributed by atoms with Crippen LogP contribution in [0.4, 0.5) is 0 Å². The van der Waals surface area contributed by atoms with Crippen LogP contribution in [0.3, 0.4) is 0 Å². The molecule has 1 aliphatic rings. The van der Waals surface area contributed by atoms with E-state index in [1.165, 1.54) is 29.5 Å². The van der Waals surface area contributed by atoms with Gasteiger partial charge in [0.2, 0.25) is 0 Å². The maximum atomic E-state index is 12.5. The maximum absolute atomic E-state index is 12.5. The molecule has 24 heavy (non-hydrogen) atoms. The fourth-order valence-electron chi connectivity index (χ4n) is 3.35. The highest BCUT2D eigenvalue weighted by molar-refractivity contribution is 7.71. The summed E-state index contributed by atoms with van der Waals surface area (Å²) in [6.45, 7) is 0.339. The Labute approximate surface area is 144 Å². The average molecular weight is 341 g/mol. The van der Waals surface area contributed by atoms with E-state index in [-0.39, 0.29) is 5.91 Å². The summed E-state index contributed by atoms with van der Waals surface area (Å²) in [5.74, 6) is 0.602. The van der Waals surface area contributed by atoms with E-state index in [9.17, 15) is 4.79 Å². The van der Waals surface area contributed by atoms with Crippen LogP contribution >= 0.6 is 12.2 Å². The van der Waals surface area contributed by atoms with Crippen LogP contribution in [0.2, 0.25) is 0 Å². The first-order valence-corrected chi connectivity index (χ1v) is 8.56. The van der Waals surface area contributed by atoms with Crippen molar-refractivity contribution in [1.82, 2.24) is 25.1 Å². The predicted octanol–water partition coefficient (Wildman–Crippen LogP) is 2.77. The summed E-state index contributed by atoms with van der Waals surface area (Å²) in [7, 11) is 1.82. The van der Waals surface area contributed by atoms with Crippen LogP contribution < -0.4 is 5.32 Å². The summed E-state index contributed by atoms with van der Waals surface area (Å²) in [5.41, 5.74) is 4.50. The van der Waals surface area contributed by atoms with Gasteiger partial charge in [-0.15, -0.1) is 0 Å². The van der Waals surface area contributed by atoms with Crippen LogP contribution in [0.1, 0.15) is 40.3 Å². The highest BCUT2D eigenvalue weighted by Crippen LogP contribution is 2.29. The lowest BCUT2D eigenvalue weighted by Gasteiger charge is -2.10. The minimum Gasteiger partial charge on any atom is -0.358 e. The van der Waals surface area contributed by atoms with Crippen LogP contribution in [0, 0.1) is 4.77 Å². The van der Waals surface area contributed by atoms with E-state index in [0.717, 1.165) is 18.4 Å². The summed E-state index contributed by atoms with van der Waals surface area (Å²) in [5, 5.41) is 10.9. The average Bonchev–Trinajstić information content (AvgIpc) is 3.13. The fourth-order valence-corrected chi connectivity index (χ4v) is 3.50. The summed E-state index contributed by atoms with van der Waals surface area (Å²) < 4.78 is 2.29. The molecule has 0 atom stereocenters. The minimum absolute atomic E-state index is 0.100. The molecule has 2 aromatic heterocycles. The van der Waals surface area contributed by atoms with Gasteiger partial charge < -0.3 is 14.9 Å². The highest BCUT2D eigenvalue weighted by atomic mass is 32.1. The van der Waals surface area contributed by atoms with Gasteiger partial charge in [-0.3, -0.25) is 9.89 Å². The summed E-state index contributed by atoms with van der Waals surface area (Å²) in [4.78, 5) is 16.0. The SMILES string of the molecule is Cn1c(CNC(=O)c2ccc3[nH]c4c(c3c2)CCCC4)n[nH]c1=S. The van der Waals surface area contributed by atoms with Crippen LogP contribution in [0.5, 0.6) is 0 Å². The van der Waals surface area contributed by atoms with Crippen LogP contribution in [0.15, 0.2) is 18.2 Å². The number of aryl methyl sites for hydroxylation is 2. The molecule has 0 bridgehead atoms. The first kappa shape index (κ1) is 15.1. The van der Waals surface area contributed by atoms with Crippen LogP contribution in [0.25, 0.3) is 10.9 Å². The van der Waals surface area contributed by atoms with Gasteiger partial charge in [0.15, 0.2) is 10.6 Å². The minimum atomic E-state index is -0.100. The molecule has 0 fully saturated rings. The van der Waals surface area contributed by atoms with Gasteiger partial charge in [-0.25, -0.2) is 0 Å². The number of aromatic nitrogens is 4. The third-order valence-electron chi connectivity index (χ3n) is 4.74. The Kier molecular flexibility index (Phi) is 3.72. The number of carbonyl (C=O) groups excluding carboxylic acids is 1. The Balaban J connectivity index is 1.58. The number of fused-ring (bicyclic) bond motifs is 3. The second-order valence-corrected chi connectivity index (χ2v) is 6.62. The van der Waals surface area contributed by atoms with Crippen molar-refractivity contribution < 1.29 is 4.79 Å². The van der Waals surface area contributed by atoms with Crippen molar-refractivity contribution in [2.45, 2.75) is 32.2 Å². The number of nitrogens with one attached hydrogen (secondary N) is 3. The molecule has 0 spiro atoms. The Morgan fingerprint density at radius 1 is 1.38 bits per heavy atom. The van der Waals surface area contributed by atoms with Gasteiger partial charge in [-0.2, -0.15) is 5.10 Å². The fraction of sp³-hybridized carbons (Fsp3) is 0.353. The molecule has 3 N–H and O–H groups in total. The number of H-pyrrole nitrogens is 2. The summed E-state index contributed by atoms with van der Waals surface area (Å²) in [6, 6.07) is 5.86. The molecule has 0 saturated carbocycles. The van der Waals surface area contributed by atoms with Crippen molar-refractivity contribution in [3.63, 3.8) is 0 Å². The molecule has 3 aromatic rings. The van der Waals surface area contributed by atoms with Gasteiger partial charge in [0.05, 0.1) is 6.54 Å². The number of amides is 1. The van der Waals surface area contributed by atoms with E-state index in [1.807, 2.05) is 25.2 Å². The largest absolute Gasteiger partial charge is 0.358 e. The Morgan fingerprint density at radius 3 is 3.00 bits per heavy atom. The zero-order chi connectivity index (χ0) is 16.7. The van der Waals surface area contributed by atoms with E-state index in [4.69, 9.17) is 12.2 Å². The highest BCUT2D eigenvalue weighted by Gasteiger charge is 2.17. The summed E-state index contributed by atoms with van der Waals surface area (Å²) >= 11 is 5.08. The predicted molar refractivity (Wildman–Crippen MR) is 94.5 cm³/mol. The molecule has 0 saturated heterocycles. The van der Waals surface area contributed by atoms with Gasteiger partial charge in [0, 0.05) is 29.2 Å². The molecular weight excluding hydrogens is 322 g/mol. The number of nitrogens with zero attached hydrogens (tertiary/aromatic N) is 2. The van der Waals surface area contributed by atoms with E-state index >= 15 is 0 Å². The van der Waals surface area contributed by atoms with Crippen molar-refractivity contribution in [3.8, 4) is 0 Å². The normalized spacial score (nSPS) is 13.9. The lowest BCUT2D eigenvalue weighted by atomic mass is 9.95. The molecular formula is C17H19N5OS. The van der Waals surface area contributed by atoms with Gasteiger partial charge in [-0.1, -0.05) is 0 Å². The molecule has 1 amide bonds. The Bertz CT molecular complexity index is 981. The lowest BCUT2D eigenvalue weighted by molar-refractivity contribution is 0.0949. The van der Waals surface area contributed by atoms with E-state index in [0.29, 0.717) is 22.7 Å². The molecule has 0 aliphatic heterocycles. The summed E-state index contributed by atoms with van der Waals surface area (Å²) in [6.07, 6.45) is 4.64. The van der Waals surface area contributed by atoms with Gasteiger partial charge >= 0.3 is 0 Å². The van der Waals surface area contributed by atoms with Crippen molar-refractivity contribution in [2.75, 3.05) is 0 Å². The first-order valence-electron chi connectivity index (χ1n) is 8.15. The van der Waals surface area contributed by atoms with Gasteiger partial charge in [0.25, 0.3) is 5.91 Å². The number of hydrogen-bond donors (Lipinski definition) is 3. The quantitative estimate of drug-likeness (QED) is 0.641. The van der Waals surface area contributed by atoms with Crippen molar-refractivity contribution in [1.29, 1.82) is 0 Å². The molecule has 124 valence electrons. The zero-order valence-corrected chi connectivity index (χ0v) is 14.3. The van der Waals surface area contributed by atoms with Gasteiger partial charge in [-0.05, 0) is 61.7 Å². The third kappa shape index (κ3) is 2.54. The third-order valence-corrected chi connectivity index (χ3v) is 5.10. The zero-order valence-electron chi connectivity index (χ0n) is 13.5. The number of benzene rings is 1. The smallest absolute Gasteiger partial charge is 0.251 e. The molecule has 4 rings (SSSR count). The lowest BCUT2D eigenvalue weighted by Crippen LogP contribution is -2.24. The van der Waals surface area contributed by atoms with Crippen LogP contribution in [-0.2, 0) is 26.4 Å². The van der Waals surface area contributed by atoms with E-state index < -0.39 is 0 Å². The Hall–Kier alpha value is -2.41. The topological polar surface area (TPSA) is 78.5 Å². The molecule has 2 heterocycles. The Morgan fingerprint density at radius 2 is 2.21 bits per heavy atom. The van der Waals surface area contributed by atoms with E-state index in [1.54, 1.807) is 4.57 Å². The molecule has 0 radical (unpaired) electrons. The number of aromatic amines is 2. The number of rotatable bonds is 3. The first-order chi connectivity index (χ1) is 11.6. The molecule has 7 heteroatoms. The maximum Gasteiger partial charge on any atom is 0.251 e.